The lowest BCUT2D eigenvalue weighted by molar-refractivity contribution is 0.544. The highest BCUT2D eigenvalue weighted by atomic mass is 32.1. The Morgan fingerprint density at radius 1 is 1.25 bits per heavy atom. The van der Waals surface area contributed by atoms with E-state index in [4.69, 9.17) is 10.2 Å². The van der Waals surface area contributed by atoms with Crippen molar-refractivity contribution >= 4 is 27.4 Å². The number of nitrogens with zero attached hydrogens (tertiary/aromatic N) is 2. The molecule has 80 valence electrons. The Morgan fingerprint density at radius 3 is 2.88 bits per heavy atom. The maximum Gasteiger partial charge on any atom is 0.199 e. The Bertz CT molecular complexity index is 656. The first-order chi connectivity index (χ1) is 7.74. The van der Waals surface area contributed by atoms with E-state index in [1.165, 1.54) is 0 Å². The summed E-state index contributed by atoms with van der Waals surface area (Å²) in [5.41, 5.74) is 5.86. The molecule has 0 aliphatic rings. The second kappa shape index (κ2) is 3.31. The zero-order valence-corrected chi connectivity index (χ0v) is 9.41. The molecule has 3 aromatic heterocycles. The third-order valence-electron chi connectivity index (χ3n) is 2.32. The number of hydrogen-bond donors (Lipinski definition) is 1. The molecule has 5 heteroatoms. The van der Waals surface area contributed by atoms with Crippen LogP contribution in [0.2, 0.25) is 0 Å². The van der Waals surface area contributed by atoms with Crippen molar-refractivity contribution in [2.75, 3.05) is 5.73 Å². The predicted molar refractivity (Wildman–Crippen MR) is 64.3 cm³/mol. The van der Waals surface area contributed by atoms with Crippen molar-refractivity contribution in [3.8, 4) is 11.6 Å². The zero-order valence-electron chi connectivity index (χ0n) is 8.60. The van der Waals surface area contributed by atoms with Gasteiger partial charge in [0.2, 0.25) is 0 Å². The maximum atomic E-state index is 5.86. The van der Waals surface area contributed by atoms with Crippen LogP contribution in [-0.2, 0) is 0 Å². The van der Waals surface area contributed by atoms with Gasteiger partial charge in [-0.2, -0.15) is 0 Å². The van der Waals surface area contributed by atoms with Crippen LogP contribution in [0.15, 0.2) is 28.0 Å². The fraction of sp³-hybridized carbons (Fsp3) is 0.0909. The number of aromatic nitrogens is 2. The highest BCUT2D eigenvalue weighted by Crippen LogP contribution is 2.27. The summed E-state index contributed by atoms with van der Waals surface area (Å²) in [6.45, 7) is 1.89. The first kappa shape index (κ1) is 9.35. The number of thiophene rings is 1. The Hall–Kier alpha value is -1.88. The van der Waals surface area contributed by atoms with E-state index in [0.29, 0.717) is 17.4 Å². The smallest absolute Gasteiger partial charge is 0.199 e. The van der Waals surface area contributed by atoms with Crippen molar-refractivity contribution in [3.63, 3.8) is 0 Å². The van der Waals surface area contributed by atoms with Crippen LogP contribution in [0.4, 0.5) is 5.82 Å². The summed E-state index contributed by atoms with van der Waals surface area (Å²) in [4.78, 5) is 9.54. The Labute approximate surface area is 95.7 Å². The molecular formula is C11H9N3OS. The summed E-state index contributed by atoms with van der Waals surface area (Å²) >= 11 is 1.54. The molecule has 0 radical (unpaired) electrons. The van der Waals surface area contributed by atoms with Gasteiger partial charge in [-0.3, -0.25) is 0 Å². The highest BCUT2D eigenvalue weighted by molar-refractivity contribution is 7.16. The number of aryl methyl sites for hydroxylation is 1. The fourth-order valence-corrected chi connectivity index (χ4v) is 2.31. The Morgan fingerprint density at radius 2 is 2.12 bits per heavy atom. The van der Waals surface area contributed by atoms with Crippen LogP contribution in [-0.4, -0.2) is 9.97 Å². The van der Waals surface area contributed by atoms with E-state index in [0.717, 1.165) is 16.0 Å². The largest absolute Gasteiger partial charge is 0.458 e. The summed E-state index contributed by atoms with van der Waals surface area (Å²) in [6.07, 6.45) is 0. The van der Waals surface area contributed by atoms with Gasteiger partial charge < -0.3 is 10.2 Å². The lowest BCUT2D eigenvalue weighted by Gasteiger charge is -1.99. The second-order valence-electron chi connectivity index (χ2n) is 3.48. The van der Waals surface area contributed by atoms with Crippen LogP contribution in [0.3, 0.4) is 0 Å². The van der Waals surface area contributed by atoms with Gasteiger partial charge in [0.05, 0.1) is 5.39 Å². The van der Waals surface area contributed by atoms with Gasteiger partial charge in [-0.1, -0.05) is 0 Å². The van der Waals surface area contributed by atoms with Crippen LogP contribution >= 0.6 is 11.3 Å². The minimum absolute atomic E-state index is 0.496. The van der Waals surface area contributed by atoms with Crippen molar-refractivity contribution in [2.45, 2.75) is 6.92 Å². The van der Waals surface area contributed by atoms with Gasteiger partial charge in [0.1, 0.15) is 16.4 Å². The number of nitrogens with two attached hydrogens (primary N) is 1. The molecule has 2 N–H and O–H groups in total. The molecule has 0 saturated heterocycles. The topological polar surface area (TPSA) is 64.9 Å². The van der Waals surface area contributed by atoms with Crippen LogP contribution in [0.25, 0.3) is 21.8 Å². The number of fused-ring (bicyclic) bond motifs is 1. The highest BCUT2D eigenvalue weighted by Gasteiger charge is 2.10. The summed E-state index contributed by atoms with van der Waals surface area (Å²) in [6, 6.07) is 5.66. The van der Waals surface area contributed by atoms with Gasteiger partial charge in [0, 0.05) is 0 Å². The number of hydrogen-bond acceptors (Lipinski definition) is 5. The number of nitrogen functional groups attached to an aromatic ring is 1. The van der Waals surface area contributed by atoms with Crippen molar-refractivity contribution in [1.82, 2.24) is 9.97 Å². The normalized spacial score (nSPS) is 11.1. The van der Waals surface area contributed by atoms with Gasteiger partial charge in [0.25, 0.3) is 0 Å². The van der Waals surface area contributed by atoms with E-state index in [1.54, 1.807) is 11.3 Å². The number of rotatable bonds is 1. The average Bonchev–Trinajstić information content (AvgIpc) is 2.85. The molecule has 0 aromatic carbocycles. The van der Waals surface area contributed by atoms with Crippen molar-refractivity contribution < 1.29 is 4.42 Å². The Kier molecular flexibility index (Phi) is 1.94. The molecule has 4 nitrogen and oxygen atoms in total. The fourth-order valence-electron chi connectivity index (χ4n) is 1.54. The lowest BCUT2D eigenvalue weighted by Crippen LogP contribution is -1.95. The van der Waals surface area contributed by atoms with Gasteiger partial charge in [-0.15, -0.1) is 11.3 Å². The first-order valence-electron chi connectivity index (χ1n) is 4.81. The minimum atomic E-state index is 0.496. The van der Waals surface area contributed by atoms with Gasteiger partial charge in [-0.25, -0.2) is 9.97 Å². The van der Waals surface area contributed by atoms with E-state index in [-0.39, 0.29) is 0 Å². The van der Waals surface area contributed by atoms with Crippen LogP contribution in [0.5, 0.6) is 0 Å². The predicted octanol–water partition coefficient (Wildman–Crippen LogP) is 2.84. The molecule has 0 spiro atoms. The molecule has 0 fully saturated rings. The zero-order chi connectivity index (χ0) is 11.1. The summed E-state index contributed by atoms with van der Waals surface area (Å²) in [7, 11) is 0. The quantitative estimate of drug-likeness (QED) is 0.699. The molecule has 0 unspecified atom stereocenters. The molecule has 3 rings (SSSR count). The standard InChI is InChI=1S/C11H9N3OS/c1-6-2-3-8(15-6)10-13-9(12)7-4-5-16-11(7)14-10/h2-5H,1H3,(H2,12,13,14). The monoisotopic (exact) mass is 231 g/mol. The third-order valence-corrected chi connectivity index (χ3v) is 3.12. The van der Waals surface area contributed by atoms with E-state index in [9.17, 15) is 0 Å². The van der Waals surface area contributed by atoms with E-state index in [2.05, 4.69) is 9.97 Å². The number of anilines is 1. The SMILES string of the molecule is Cc1ccc(-c2nc(N)c3ccsc3n2)o1. The van der Waals surface area contributed by atoms with Crippen molar-refractivity contribution in [3.05, 3.63) is 29.3 Å². The molecule has 3 heterocycles. The molecule has 0 aliphatic carbocycles. The van der Waals surface area contributed by atoms with Crippen LogP contribution in [0.1, 0.15) is 5.76 Å². The van der Waals surface area contributed by atoms with Crippen LogP contribution in [0, 0.1) is 6.92 Å². The van der Waals surface area contributed by atoms with Gasteiger partial charge >= 0.3 is 0 Å². The molecule has 0 aliphatic heterocycles. The van der Waals surface area contributed by atoms with Gasteiger partial charge in [-0.05, 0) is 30.5 Å². The molecule has 3 aromatic rings. The molecule has 0 bridgehead atoms. The second-order valence-corrected chi connectivity index (χ2v) is 4.38. The molecule has 0 saturated carbocycles. The van der Waals surface area contributed by atoms with Crippen LogP contribution < -0.4 is 5.73 Å². The van der Waals surface area contributed by atoms with Gasteiger partial charge in [0.15, 0.2) is 11.6 Å². The Balaban J connectivity index is 2.24. The lowest BCUT2D eigenvalue weighted by atomic mass is 10.3. The first-order valence-corrected chi connectivity index (χ1v) is 5.69. The molecule has 16 heavy (non-hydrogen) atoms. The molecule has 0 amide bonds. The van der Waals surface area contributed by atoms with E-state index in [1.807, 2.05) is 30.5 Å². The average molecular weight is 231 g/mol. The van der Waals surface area contributed by atoms with E-state index < -0.39 is 0 Å². The summed E-state index contributed by atoms with van der Waals surface area (Å²) < 4.78 is 5.47. The van der Waals surface area contributed by atoms with Crippen molar-refractivity contribution in [2.24, 2.45) is 0 Å². The summed E-state index contributed by atoms with van der Waals surface area (Å²) in [5, 5.41) is 2.85. The third kappa shape index (κ3) is 1.37. The molecular weight excluding hydrogens is 222 g/mol. The summed E-state index contributed by atoms with van der Waals surface area (Å²) in [5.74, 6) is 2.53. The van der Waals surface area contributed by atoms with E-state index >= 15 is 0 Å². The van der Waals surface area contributed by atoms with Crippen molar-refractivity contribution in [1.29, 1.82) is 0 Å². The molecule has 0 atom stereocenters. The minimum Gasteiger partial charge on any atom is -0.458 e. The number of furan rings is 1. The maximum absolute atomic E-state index is 5.86.